The Bertz CT molecular complexity index is 3700. The Balaban J connectivity index is 1.06. The van der Waals surface area contributed by atoms with Crippen LogP contribution in [-0.2, 0) is 0 Å². The molecular formula is C60H46N2O. The summed E-state index contributed by atoms with van der Waals surface area (Å²) in [6.45, 7) is 7.06. The summed E-state index contributed by atoms with van der Waals surface area (Å²) in [5, 5.41) is 7.41. The van der Waals surface area contributed by atoms with Crippen molar-refractivity contribution in [2.45, 2.75) is 33.6 Å². The Hall–Kier alpha value is -7.62. The molecule has 0 N–H and O–H groups in total. The van der Waals surface area contributed by atoms with E-state index in [0.29, 0.717) is 0 Å². The van der Waals surface area contributed by atoms with E-state index in [-0.39, 0.29) is 5.92 Å². The van der Waals surface area contributed by atoms with E-state index in [4.69, 9.17) is 4.42 Å². The van der Waals surface area contributed by atoms with Gasteiger partial charge < -0.3 is 13.6 Å². The number of furan rings is 1. The summed E-state index contributed by atoms with van der Waals surface area (Å²) in [7, 11) is 0. The predicted octanol–water partition coefficient (Wildman–Crippen LogP) is 16.5. The quantitative estimate of drug-likeness (QED) is 0.164. The number of benzene rings is 8. The fraction of sp³-hybridized carbons (Fsp3) is 0.100. The highest BCUT2D eigenvalue weighted by Gasteiger charge is 2.25. The average molecular weight is 811 g/mol. The van der Waals surface area contributed by atoms with Crippen LogP contribution in [0, 0.1) is 5.92 Å². The first-order valence-electron chi connectivity index (χ1n) is 22.3. The third-order valence-electron chi connectivity index (χ3n) is 13.8. The minimum atomic E-state index is 0.179. The molecule has 63 heavy (non-hydrogen) atoms. The van der Waals surface area contributed by atoms with Crippen molar-refractivity contribution in [3.05, 3.63) is 222 Å². The van der Waals surface area contributed by atoms with Gasteiger partial charge in [-0.2, -0.15) is 0 Å². The number of hydrogen-bond donors (Lipinski definition) is 0. The molecule has 1 atom stereocenters. The molecule has 3 aromatic heterocycles. The minimum Gasteiger partial charge on any atom is -0.456 e. The minimum absolute atomic E-state index is 0.179. The van der Waals surface area contributed by atoms with Crippen LogP contribution < -0.4 is 0 Å². The summed E-state index contributed by atoms with van der Waals surface area (Å²) in [6.07, 6.45) is 4.26. The number of nitrogens with zero attached hydrogens (tertiary/aromatic N) is 2. The van der Waals surface area contributed by atoms with Crippen molar-refractivity contribution in [3.63, 3.8) is 0 Å². The molecule has 0 saturated carbocycles. The Labute approximate surface area is 367 Å². The van der Waals surface area contributed by atoms with Crippen LogP contribution >= 0.6 is 0 Å². The molecule has 12 rings (SSSR count). The first kappa shape index (κ1) is 37.2. The average Bonchev–Trinajstić information content (AvgIpc) is 4.00. The van der Waals surface area contributed by atoms with E-state index in [1.165, 1.54) is 93.9 Å². The van der Waals surface area contributed by atoms with Gasteiger partial charge in [-0.15, -0.1) is 0 Å². The molecule has 0 fully saturated rings. The van der Waals surface area contributed by atoms with E-state index in [1.54, 1.807) is 0 Å². The van der Waals surface area contributed by atoms with Crippen LogP contribution in [0.4, 0.5) is 0 Å². The fourth-order valence-corrected chi connectivity index (χ4v) is 10.6. The van der Waals surface area contributed by atoms with Crippen molar-refractivity contribution >= 4 is 82.3 Å². The second kappa shape index (κ2) is 14.8. The Morgan fingerprint density at radius 3 is 1.76 bits per heavy atom. The van der Waals surface area contributed by atoms with Gasteiger partial charge in [0.05, 0.1) is 22.1 Å². The van der Waals surface area contributed by atoms with Crippen molar-refractivity contribution in [1.29, 1.82) is 0 Å². The van der Waals surface area contributed by atoms with Gasteiger partial charge in [0.1, 0.15) is 11.2 Å². The summed E-state index contributed by atoms with van der Waals surface area (Å²) in [5.74, 6) is 0.179. The topological polar surface area (TPSA) is 23.0 Å². The van der Waals surface area contributed by atoms with Crippen LogP contribution in [0.5, 0.6) is 0 Å². The number of fused-ring (bicyclic) bond motifs is 10. The molecule has 0 saturated heterocycles. The van der Waals surface area contributed by atoms with Gasteiger partial charge in [0.25, 0.3) is 0 Å². The van der Waals surface area contributed by atoms with Gasteiger partial charge in [-0.25, -0.2) is 0 Å². The molecule has 1 aliphatic carbocycles. The summed E-state index contributed by atoms with van der Waals surface area (Å²) in [5.41, 5.74) is 19.5. The molecule has 0 radical (unpaired) electrons. The SMILES string of the molecule is CC/C1=C(c2ccc3c(c2)oc2ccccc23)/C=C(/c2ccccc2)C(C)/C(C)=C(\c2cccc(-n3c4ccccc4c4c5c6ccccc6n(-c6ccccc6)c5ccc43)c2)C1. The van der Waals surface area contributed by atoms with E-state index < -0.39 is 0 Å². The zero-order valence-corrected chi connectivity index (χ0v) is 35.8. The number of hydrogen-bond acceptors (Lipinski definition) is 1. The first-order chi connectivity index (χ1) is 31.1. The van der Waals surface area contributed by atoms with Gasteiger partial charge in [0.15, 0.2) is 0 Å². The monoisotopic (exact) mass is 810 g/mol. The van der Waals surface area contributed by atoms with Gasteiger partial charge in [-0.1, -0.05) is 146 Å². The first-order valence-corrected chi connectivity index (χ1v) is 22.3. The molecule has 0 aliphatic heterocycles. The van der Waals surface area contributed by atoms with Crippen LogP contribution in [-0.4, -0.2) is 9.13 Å². The molecule has 1 aliphatic rings. The van der Waals surface area contributed by atoms with Crippen LogP contribution in [0.3, 0.4) is 0 Å². The van der Waals surface area contributed by atoms with Gasteiger partial charge in [-0.05, 0) is 126 Å². The standard InChI is InChI=1S/C60H46N2O/c1-4-40-35-50(38(2)39(3)51(41-18-7-5-8-19-41)37-52(40)43-30-31-47-46-24-13-16-29-57(46)63-58(47)36-43)42-20-17-23-45(34-42)62-54-28-15-12-26-49(54)60-56(62)33-32-55-59(60)48-25-11-14-27-53(48)61(55)44-21-9-6-10-22-44/h5-34,36-37,39H,4,35H2,1-3H3/b50-38-,51-37+,52-40+. The Kier molecular flexibility index (Phi) is 8.72. The third kappa shape index (κ3) is 5.87. The van der Waals surface area contributed by atoms with Crippen molar-refractivity contribution in [1.82, 2.24) is 9.13 Å². The van der Waals surface area contributed by atoms with Crippen molar-refractivity contribution < 1.29 is 4.42 Å². The highest BCUT2D eigenvalue weighted by atomic mass is 16.3. The maximum atomic E-state index is 6.47. The highest BCUT2D eigenvalue weighted by Crippen LogP contribution is 2.46. The lowest BCUT2D eigenvalue weighted by Gasteiger charge is -2.27. The zero-order chi connectivity index (χ0) is 42.2. The molecule has 302 valence electrons. The second-order valence-corrected chi connectivity index (χ2v) is 17.2. The van der Waals surface area contributed by atoms with Gasteiger partial charge in [0, 0.05) is 49.6 Å². The maximum absolute atomic E-state index is 6.47. The largest absolute Gasteiger partial charge is 0.456 e. The second-order valence-electron chi connectivity index (χ2n) is 17.2. The number of allylic oxidation sites excluding steroid dienone is 6. The van der Waals surface area contributed by atoms with Gasteiger partial charge in [0.2, 0.25) is 0 Å². The molecular weight excluding hydrogens is 765 g/mol. The highest BCUT2D eigenvalue weighted by molar-refractivity contribution is 6.29. The molecule has 3 heterocycles. The number of para-hydroxylation sites is 4. The molecule has 11 aromatic rings. The maximum Gasteiger partial charge on any atom is 0.136 e. The van der Waals surface area contributed by atoms with Crippen LogP contribution in [0.2, 0.25) is 0 Å². The molecule has 0 spiro atoms. The molecule has 3 nitrogen and oxygen atoms in total. The smallest absolute Gasteiger partial charge is 0.136 e. The summed E-state index contributed by atoms with van der Waals surface area (Å²) < 4.78 is 11.4. The number of rotatable bonds is 6. The van der Waals surface area contributed by atoms with Crippen molar-refractivity contribution in [3.8, 4) is 11.4 Å². The summed E-state index contributed by atoms with van der Waals surface area (Å²) in [6, 6.07) is 68.7. The molecule has 8 aromatic carbocycles. The van der Waals surface area contributed by atoms with Crippen LogP contribution in [0.1, 0.15) is 50.3 Å². The van der Waals surface area contributed by atoms with Crippen molar-refractivity contribution in [2.24, 2.45) is 5.92 Å². The van der Waals surface area contributed by atoms with Crippen LogP contribution in [0.25, 0.3) is 93.6 Å². The lowest BCUT2D eigenvalue weighted by Crippen LogP contribution is -2.08. The normalized spacial score (nSPS) is 18.1. The molecule has 0 bridgehead atoms. The zero-order valence-electron chi connectivity index (χ0n) is 35.8. The summed E-state index contributed by atoms with van der Waals surface area (Å²) in [4.78, 5) is 0. The van der Waals surface area contributed by atoms with E-state index >= 15 is 0 Å². The van der Waals surface area contributed by atoms with Crippen molar-refractivity contribution in [2.75, 3.05) is 0 Å². The molecule has 3 heteroatoms. The Morgan fingerprint density at radius 2 is 1.06 bits per heavy atom. The van der Waals surface area contributed by atoms with E-state index in [1.807, 2.05) is 6.07 Å². The van der Waals surface area contributed by atoms with E-state index in [2.05, 4.69) is 218 Å². The van der Waals surface area contributed by atoms with Crippen LogP contribution in [0.15, 0.2) is 210 Å². The lowest BCUT2D eigenvalue weighted by atomic mass is 9.77. The van der Waals surface area contributed by atoms with E-state index in [0.717, 1.165) is 40.5 Å². The fourth-order valence-electron chi connectivity index (χ4n) is 10.6. The van der Waals surface area contributed by atoms with Gasteiger partial charge in [-0.3, -0.25) is 0 Å². The van der Waals surface area contributed by atoms with E-state index in [9.17, 15) is 0 Å². The molecule has 0 amide bonds. The third-order valence-corrected chi connectivity index (χ3v) is 13.8. The lowest BCUT2D eigenvalue weighted by molar-refractivity contribution is 0.669. The Morgan fingerprint density at radius 1 is 0.492 bits per heavy atom. The van der Waals surface area contributed by atoms with Gasteiger partial charge >= 0.3 is 0 Å². The molecule has 1 unspecified atom stereocenters. The number of aromatic nitrogens is 2. The predicted molar refractivity (Wildman–Crippen MR) is 267 cm³/mol. The summed E-state index contributed by atoms with van der Waals surface area (Å²) >= 11 is 0.